The van der Waals surface area contributed by atoms with Gasteiger partial charge in [-0.15, -0.1) is 0 Å². The van der Waals surface area contributed by atoms with Crippen molar-refractivity contribution in [3.63, 3.8) is 0 Å². The van der Waals surface area contributed by atoms with Gasteiger partial charge in [0.25, 0.3) is 0 Å². The molecular weight excluding hydrogens is 328 g/mol. The molecule has 0 spiro atoms. The molecule has 0 aliphatic heterocycles. The van der Waals surface area contributed by atoms with Crippen molar-refractivity contribution >= 4 is 18.0 Å². The Labute approximate surface area is 157 Å². The Morgan fingerprint density at radius 3 is 2.23 bits per heavy atom. The van der Waals surface area contributed by atoms with E-state index in [1.54, 1.807) is 19.9 Å². The van der Waals surface area contributed by atoms with Gasteiger partial charge in [-0.3, -0.25) is 4.79 Å². The number of ether oxygens (including phenoxy) is 2. The lowest BCUT2D eigenvalue weighted by Crippen LogP contribution is -2.30. The fourth-order valence-electron chi connectivity index (χ4n) is 2.46. The van der Waals surface area contributed by atoms with Crippen LogP contribution in [0.4, 0.5) is 0 Å². The molecule has 0 fully saturated rings. The van der Waals surface area contributed by atoms with Gasteiger partial charge in [0.05, 0.1) is 0 Å². The van der Waals surface area contributed by atoms with Gasteiger partial charge in [-0.1, -0.05) is 69.4 Å². The second-order valence-corrected chi connectivity index (χ2v) is 6.60. The molecule has 0 N–H and O–H groups in total. The highest BCUT2D eigenvalue weighted by Gasteiger charge is 2.19. The maximum absolute atomic E-state index is 11.9. The van der Waals surface area contributed by atoms with Crippen molar-refractivity contribution < 1.29 is 19.1 Å². The Bertz CT molecular complexity index is 551. The second kappa shape index (κ2) is 13.2. The highest BCUT2D eigenvalue weighted by molar-refractivity contribution is 5.87. The number of hydrogen-bond acceptors (Lipinski definition) is 4. The molecule has 0 aliphatic rings. The van der Waals surface area contributed by atoms with Gasteiger partial charge in [0.1, 0.15) is 12.2 Å². The Balaban J connectivity index is 2.24. The monoisotopic (exact) mass is 360 g/mol. The van der Waals surface area contributed by atoms with Gasteiger partial charge in [0.2, 0.25) is 0 Å². The SMILES string of the molecule is CCCCCCCCC(=O)OC(C)C(C)OC(=O)C=Cc1ccccc1. The molecule has 0 amide bonds. The number of hydrogen-bond donors (Lipinski definition) is 0. The zero-order valence-electron chi connectivity index (χ0n) is 16.3. The molecule has 2 unspecified atom stereocenters. The molecule has 2 atom stereocenters. The Kier molecular flexibility index (Phi) is 11.1. The minimum atomic E-state index is -0.489. The molecule has 0 heterocycles. The first kappa shape index (κ1) is 21.9. The van der Waals surface area contributed by atoms with Gasteiger partial charge in [0, 0.05) is 12.5 Å². The van der Waals surface area contributed by atoms with Crippen LogP contribution in [-0.4, -0.2) is 24.1 Å². The molecule has 1 aromatic rings. The van der Waals surface area contributed by atoms with Crippen LogP contribution < -0.4 is 0 Å². The van der Waals surface area contributed by atoms with Crippen LogP contribution in [-0.2, 0) is 19.1 Å². The third-order valence-electron chi connectivity index (χ3n) is 4.23. The fraction of sp³-hybridized carbons (Fsp3) is 0.545. The lowest BCUT2D eigenvalue weighted by molar-refractivity contribution is -0.162. The quantitative estimate of drug-likeness (QED) is 0.288. The molecule has 0 saturated carbocycles. The topological polar surface area (TPSA) is 52.6 Å². The Hall–Kier alpha value is -2.10. The van der Waals surface area contributed by atoms with E-state index >= 15 is 0 Å². The molecule has 26 heavy (non-hydrogen) atoms. The van der Waals surface area contributed by atoms with Crippen molar-refractivity contribution in [2.75, 3.05) is 0 Å². The van der Waals surface area contributed by atoms with E-state index in [1.165, 1.54) is 31.8 Å². The summed E-state index contributed by atoms with van der Waals surface area (Å²) in [6, 6.07) is 9.52. The average Bonchev–Trinajstić information content (AvgIpc) is 2.63. The molecule has 0 saturated heterocycles. The summed E-state index contributed by atoms with van der Waals surface area (Å²) in [5.41, 5.74) is 0.926. The zero-order valence-corrected chi connectivity index (χ0v) is 16.3. The highest BCUT2D eigenvalue weighted by Crippen LogP contribution is 2.10. The smallest absolute Gasteiger partial charge is 0.331 e. The van der Waals surface area contributed by atoms with Gasteiger partial charge in [-0.05, 0) is 31.9 Å². The highest BCUT2D eigenvalue weighted by atomic mass is 16.6. The number of unbranched alkanes of at least 4 members (excludes halogenated alkanes) is 5. The van der Waals surface area contributed by atoms with Crippen LogP contribution in [0.5, 0.6) is 0 Å². The summed E-state index contributed by atoms with van der Waals surface area (Å²) in [7, 11) is 0. The third kappa shape index (κ3) is 10.0. The molecule has 144 valence electrons. The summed E-state index contributed by atoms with van der Waals surface area (Å²) in [6.07, 6.45) is 9.32. The summed E-state index contributed by atoms with van der Waals surface area (Å²) in [4.78, 5) is 23.7. The van der Waals surface area contributed by atoms with Crippen molar-refractivity contribution in [2.45, 2.75) is 77.9 Å². The van der Waals surface area contributed by atoms with Crippen LogP contribution in [0, 0.1) is 0 Å². The van der Waals surface area contributed by atoms with Gasteiger partial charge in [-0.25, -0.2) is 4.79 Å². The van der Waals surface area contributed by atoms with E-state index in [2.05, 4.69) is 6.92 Å². The van der Waals surface area contributed by atoms with Crippen molar-refractivity contribution in [3.05, 3.63) is 42.0 Å². The van der Waals surface area contributed by atoms with E-state index in [-0.39, 0.29) is 5.97 Å². The van der Waals surface area contributed by atoms with E-state index in [0.29, 0.717) is 6.42 Å². The summed E-state index contributed by atoms with van der Waals surface area (Å²) >= 11 is 0. The van der Waals surface area contributed by atoms with Crippen molar-refractivity contribution in [2.24, 2.45) is 0 Å². The van der Waals surface area contributed by atoms with Gasteiger partial charge in [0.15, 0.2) is 0 Å². The van der Waals surface area contributed by atoms with Crippen LogP contribution >= 0.6 is 0 Å². The Morgan fingerprint density at radius 2 is 1.54 bits per heavy atom. The minimum absolute atomic E-state index is 0.226. The minimum Gasteiger partial charge on any atom is -0.459 e. The molecule has 0 aliphatic carbocycles. The normalized spacial score (nSPS) is 13.3. The number of carbonyl (C=O) groups is 2. The number of esters is 2. The predicted molar refractivity (Wildman–Crippen MR) is 105 cm³/mol. The Morgan fingerprint density at radius 1 is 0.923 bits per heavy atom. The molecule has 1 aromatic carbocycles. The summed E-state index contributed by atoms with van der Waals surface area (Å²) in [5, 5.41) is 0. The first-order valence-electron chi connectivity index (χ1n) is 9.66. The van der Waals surface area contributed by atoms with Crippen LogP contribution in [0.1, 0.15) is 71.3 Å². The zero-order chi connectivity index (χ0) is 19.2. The van der Waals surface area contributed by atoms with Crippen molar-refractivity contribution in [1.29, 1.82) is 0 Å². The largest absolute Gasteiger partial charge is 0.459 e. The van der Waals surface area contributed by atoms with Crippen LogP contribution in [0.15, 0.2) is 36.4 Å². The van der Waals surface area contributed by atoms with Gasteiger partial charge in [-0.2, -0.15) is 0 Å². The van der Waals surface area contributed by atoms with Gasteiger partial charge < -0.3 is 9.47 Å². The molecule has 1 rings (SSSR count). The van der Waals surface area contributed by atoms with Crippen LogP contribution in [0.2, 0.25) is 0 Å². The van der Waals surface area contributed by atoms with E-state index in [4.69, 9.17) is 9.47 Å². The molecule has 0 aromatic heterocycles. The van der Waals surface area contributed by atoms with Crippen LogP contribution in [0.3, 0.4) is 0 Å². The predicted octanol–water partition coefficient (Wildman–Crippen LogP) is 5.31. The van der Waals surface area contributed by atoms with E-state index in [0.717, 1.165) is 18.4 Å². The van der Waals surface area contributed by atoms with E-state index in [9.17, 15) is 9.59 Å². The summed E-state index contributed by atoms with van der Waals surface area (Å²) < 4.78 is 10.7. The number of benzene rings is 1. The third-order valence-corrected chi connectivity index (χ3v) is 4.23. The fourth-order valence-corrected chi connectivity index (χ4v) is 2.46. The molecular formula is C22H32O4. The maximum Gasteiger partial charge on any atom is 0.331 e. The van der Waals surface area contributed by atoms with Crippen molar-refractivity contribution in [1.82, 2.24) is 0 Å². The maximum atomic E-state index is 11.9. The van der Waals surface area contributed by atoms with Crippen molar-refractivity contribution in [3.8, 4) is 0 Å². The van der Waals surface area contributed by atoms with Crippen LogP contribution in [0.25, 0.3) is 6.08 Å². The molecule has 4 heteroatoms. The lowest BCUT2D eigenvalue weighted by atomic mass is 10.1. The lowest BCUT2D eigenvalue weighted by Gasteiger charge is -2.20. The standard InChI is InChI=1S/C22H32O4/c1-4-5-6-7-8-12-15-21(23)25-18(2)19(3)26-22(24)17-16-20-13-10-9-11-14-20/h9-11,13-14,16-19H,4-8,12,15H2,1-3H3. The second-order valence-electron chi connectivity index (χ2n) is 6.60. The summed E-state index contributed by atoms with van der Waals surface area (Å²) in [6.45, 7) is 5.67. The first-order chi connectivity index (χ1) is 12.5. The van der Waals surface area contributed by atoms with Gasteiger partial charge >= 0.3 is 11.9 Å². The average molecular weight is 360 g/mol. The first-order valence-corrected chi connectivity index (χ1v) is 9.66. The number of rotatable bonds is 12. The van der Waals surface area contributed by atoms with E-state index in [1.807, 2.05) is 30.3 Å². The molecule has 0 bridgehead atoms. The molecule has 0 radical (unpaired) electrons. The molecule has 4 nitrogen and oxygen atoms in total. The van der Waals surface area contributed by atoms with E-state index < -0.39 is 18.2 Å². The summed E-state index contributed by atoms with van der Waals surface area (Å²) in [5.74, 6) is -0.670. The number of carbonyl (C=O) groups excluding carboxylic acids is 2.